The van der Waals surface area contributed by atoms with Crippen molar-refractivity contribution in [1.29, 1.82) is 0 Å². The van der Waals surface area contributed by atoms with Gasteiger partial charge in [-0.05, 0) is 12.8 Å². The molecule has 0 amide bonds. The van der Waals surface area contributed by atoms with Crippen LogP contribution in [0.25, 0.3) is 0 Å². The van der Waals surface area contributed by atoms with Gasteiger partial charge in [0.15, 0.2) is 0 Å². The van der Waals surface area contributed by atoms with Crippen molar-refractivity contribution in [3.63, 3.8) is 0 Å². The first-order chi connectivity index (χ1) is 19.1. The zero-order valence-electron chi connectivity index (χ0n) is 26.0. The van der Waals surface area contributed by atoms with Gasteiger partial charge in [-0.2, -0.15) is 8.42 Å². The van der Waals surface area contributed by atoms with Gasteiger partial charge in [0.2, 0.25) is 0 Å². The Morgan fingerprint density at radius 2 is 0.634 bits per heavy atom. The van der Waals surface area contributed by atoms with E-state index in [1.165, 1.54) is 141 Å². The molecular weight excluding hydrogens is 574 g/mol. The number of rotatable bonds is 30. The van der Waals surface area contributed by atoms with Crippen LogP contribution in [-0.2, 0) is 24.0 Å². The second-order valence-corrected chi connectivity index (χ2v) is 13.4. The predicted molar refractivity (Wildman–Crippen MR) is 174 cm³/mol. The molecule has 0 fully saturated rings. The Morgan fingerprint density at radius 1 is 0.463 bits per heavy atom. The van der Waals surface area contributed by atoms with Gasteiger partial charge in [0.1, 0.15) is 0 Å². The molecule has 0 saturated heterocycles. The molecule has 0 spiro atoms. The van der Waals surface area contributed by atoms with E-state index in [4.69, 9.17) is 26.6 Å². The molecule has 8 nitrogen and oxygen atoms in total. The van der Waals surface area contributed by atoms with Gasteiger partial charge in [-0.3, -0.25) is 18.2 Å². The van der Waals surface area contributed by atoms with Crippen LogP contribution in [0.1, 0.15) is 181 Å². The standard InChI is InChI=1S/C30H63O4P.Na.H2O4S.H/c1-3-5-7-9-11-13-15-16-17-18-19-20-22-24-26-28-30-34-35(31,32)33-29-27-25-23-21-14-12-10-8-6-4-2;;1-5(2,3)4;/h3-30H2,1-2H3,(H,31,32);;(H2,1,2,3,4);. The molecule has 0 rings (SSSR count). The summed E-state index contributed by atoms with van der Waals surface area (Å²) in [6, 6.07) is 0. The fourth-order valence-electron chi connectivity index (χ4n) is 4.64. The monoisotopic (exact) mass is 640 g/mol. The van der Waals surface area contributed by atoms with Gasteiger partial charge in [0, 0.05) is 0 Å². The third-order valence-electron chi connectivity index (χ3n) is 7.00. The van der Waals surface area contributed by atoms with Crippen molar-refractivity contribution in [1.82, 2.24) is 0 Å². The fourth-order valence-corrected chi connectivity index (χ4v) is 5.43. The van der Waals surface area contributed by atoms with Crippen molar-refractivity contribution in [3.05, 3.63) is 0 Å². The van der Waals surface area contributed by atoms with Gasteiger partial charge >= 0.3 is 47.8 Å². The average molecular weight is 641 g/mol. The summed E-state index contributed by atoms with van der Waals surface area (Å²) in [6.07, 6.45) is 33.5. The summed E-state index contributed by atoms with van der Waals surface area (Å²) in [5, 5.41) is 0. The Labute approximate surface area is 276 Å². The SMILES string of the molecule is CCCCCCCCCCCCCCCCCCOP(=O)(O)OCCCCCCCCCCCC.O=S(=O)(O)O.[NaH]. The Kier molecular flexibility index (Phi) is 40.1. The molecule has 0 aromatic rings. The van der Waals surface area contributed by atoms with Crippen LogP contribution < -0.4 is 0 Å². The third kappa shape index (κ3) is 50.9. The van der Waals surface area contributed by atoms with Crippen LogP contribution in [0.5, 0.6) is 0 Å². The van der Waals surface area contributed by atoms with Crippen molar-refractivity contribution >= 4 is 47.8 Å². The van der Waals surface area contributed by atoms with Gasteiger partial charge in [0.05, 0.1) is 13.2 Å². The Bertz CT molecular complexity index is 644. The van der Waals surface area contributed by atoms with Crippen LogP contribution in [0, 0.1) is 0 Å². The molecule has 11 heteroatoms. The quantitative estimate of drug-likeness (QED) is 0.0306. The summed E-state index contributed by atoms with van der Waals surface area (Å²) in [5.74, 6) is 0. The first kappa shape index (κ1) is 46.4. The van der Waals surface area contributed by atoms with Crippen LogP contribution in [0.4, 0.5) is 0 Å². The van der Waals surface area contributed by atoms with Crippen LogP contribution in [0.2, 0.25) is 0 Å². The molecule has 3 N–H and O–H groups in total. The van der Waals surface area contributed by atoms with Crippen molar-refractivity contribution in [2.24, 2.45) is 0 Å². The molecule has 0 aliphatic carbocycles. The number of hydrogen-bond acceptors (Lipinski definition) is 5. The van der Waals surface area contributed by atoms with E-state index in [2.05, 4.69) is 13.8 Å². The van der Waals surface area contributed by atoms with E-state index in [0.717, 1.165) is 25.7 Å². The Hall–Kier alpha value is 0.980. The minimum absolute atomic E-state index is 0. The molecule has 0 heterocycles. The van der Waals surface area contributed by atoms with E-state index >= 15 is 0 Å². The fraction of sp³-hybridized carbons (Fsp3) is 1.00. The topological polar surface area (TPSA) is 130 Å². The number of unbranched alkanes of at least 4 members (excludes halogenated alkanes) is 24. The van der Waals surface area contributed by atoms with Crippen molar-refractivity contribution in [2.45, 2.75) is 181 Å². The normalized spacial score (nSPS) is 12.8. The second kappa shape index (κ2) is 35.5. The molecular formula is C30H66NaO8PS. The average Bonchev–Trinajstić information content (AvgIpc) is 2.88. The zero-order valence-corrected chi connectivity index (χ0v) is 27.7. The first-order valence-electron chi connectivity index (χ1n) is 16.4. The molecule has 0 radical (unpaired) electrons. The van der Waals surface area contributed by atoms with E-state index in [-0.39, 0.29) is 29.6 Å². The second-order valence-electron chi connectivity index (χ2n) is 11.1. The van der Waals surface area contributed by atoms with E-state index < -0.39 is 18.2 Å². The minimum atomic E-state index is -4.67. The summed E-state index contributed by atoms with van der Waals surface area (Å²) in [7, 11) is -8.53. The molecule has 0 bridgehead atoms. The number of phosphoric ester groups is 1. The maximum atomic E-state index is 11.9. The van der Waals surface area contributed by atoms with E-state index in [0.29, 0.717) is 13.2 Å². The summed E-state index contributed by atoms with van der Waals surface area (Å²) < 4.78 is 53.8. The number of phosphoric acid groups is 1. The van der Waals surface area contributed by atoms with Crippen LogP contribution in [0.15, 0.2) is 0 Å². The first-order valence-corrected chi connectivity index (χ1v) is 19.3. The molecule has 0 saturated carbocycles. The zero-order chi connectivity index (χ0) is 30.2. The van der Waals surface area contributed by atoms with Crippen molar-refractivity contribution in [3.8, 4) is 0 Å². The van der Waals surface area contributed by atoms with Gasteiger partial charge in [0.25, 0.3) is 0 Å². The maximum absolute atomic E-state index is 11.9. The van der Waals surface area contributed by atoms with Crippen LogP contribution in [-0.4, -0.2) is 65.2 Å². The van der Waals surface area contributed by atoms with Crippen LogP contribution in [0.3, 0.4) is 0 Å². The van der Waals surface area contributed by atoms with Gasteiger partial charge in [-0.1, -0.05) is 168 Å². The molecule has 0 aromatic carbocycles. The van der Waals surface area contributed by atoms with Crippen molar-refractivity contribution < 1.29 is 36.0 Å². The van der Waals surface area contributed by atoms with E-state index in [1.54, 1.807) is 0 Å². The summed E-state index contributed by atoms with van der Waals surface area (Å²) in [4.78, 5) is 9.79. The summed E-state index contributed by atoms with van der Waals surface area (Å²) in [5.41, 5.74) is 0. The molecule has 0 aliphatic heterocycles. The molecule has 41 heavy (non-hydrogen) atoms. The number of hydrogen-bond donors (Lipinski definition) is 3. The van der Waals surface area contributed by atoms with E-state index in [1.807, 2.05) is 0 Å². The molecule has 0 aromatic heterocycles. The van der Waals surface area contributed by atoms with Crippen LogP contribution >= 0.6 is 7.82 Å². The van der Waals surface area contributed by atoms with Gasteiger partial charge in [-0.25, -0.2) is 4.57 Å². The van der Waals surface area contributed by atoms with Gasteiger partial charge < -0.3 is 4.89 Å². The molecule has 1 unspecified atom stereocenters. The molecule has 246 valence electrons. The molecule has 1 atom stereocenters. The summed E-state index contributed by atoms with van der Waals surface area (Å²) >= 11 is 0. The van der Waals surface area contributed by atoms with Gasteiger partial charge in [-0.15, -0.1) is 0 Å². The Balaban J connectivity index is -0.00000220. The molecule has 0 aliphatic rings. The van der Waals surface area contributed by atoms with E-state index in [9.17, 15) is 9.46 Å². The van der Waals surface area contributed by atoms with Crippen molar-refractivity contribution in [2.75, 3.05) is 13.2 Å². The Morgan fingerprint density at radius 3 is 0.829 bits per heavy atom. The summed E-state index contributed by atoms with van der Waals surface area (Å²) in [6.45, 7) is 5.17. The third-order valence-corrected chi connectivity index (χ3v) is 8.02. The predicted octanol–water partition coefficient (Wildman–Crippen LogP) is 10.0.